The molecule has 0 amide bonds. The van der Waals surface area contributed by atoms with Gasteiger partial charge in [0, 0.05) is 30.5 Å². The average Bonchev–Trinajstić information content (AvgIpc) is 3.09. The van der Waals surface area contributed by atoms with Gasteiger partial charge in [-0.3, -0.25) is 0 Å². The number of hydrogen-bond donors (Lipinski definition) is 2. The molecule has 0 saturated carbocycles. The highest BCUT2D eigenvalue weighted by molar-refractivity contribution is 7.09. The van der Waals surface area contributed by atoms with Crippen LogP contribution in [0.3, 0.4) is 0 Å². The van der Waals surface area contributed by atoms with E-state index in [0.29, 0.717) is 24.6 Å². The molecule has 0 saturated heterocycles. The van der Waals surface area contributed by atoms with E-state index in [1.54, 1.807) is 23.5 Å². The van der Waals surface area contributed by atoms with Gasteiger partial charge in [-0.05, 0) is 26.3 Å². The van der Waals surface area contributed by atoms with Gasteiger partial charge in [-0.15, -0.1) is 11.3 Å². The maximum atomic E-state index is 12.6. The fraction of sp³-hybridized carbons (Fsp3) is 0.474. The smallest absolute Gasteiger partial charge is 0.387 e. The molecule has 148 valence electrons. The van der Waals surface area contributed by atoms with Crippen molar-refractivity contribution in [3.05, 3.63) is 45.4 Å². The van der Waals surface area contributed by atoms with Gasteiger partial charge in [0.25, 0.3) is 0 Å². The molecule has 1 aromatic carbocycles. The molecule has 1 heterocycles. The first-order valence-electron chi connectivity index (χ1n) is 9.01. The zero-order valence-corrected chi connectivity index (χ0v) is 16.7. The van der Waals surface area contributed by atoms with E-state index < -0.39 is 6.61 Å². The molecule has 0 aliphatic carbocycles. The first-order valence-corrected chi connectivity index (χ1v) is 9.89. The Morgan fingerprint density at radius 1 is 1.30 bits per heavy atom. The lowest BCUT2D eigenvalue weighted by molar-refractivity contribution is -0.0504. The van der Waals surface area contributed by atoms with Crippen molar-refractivity contribution in [3.63, 3.8) is 0 Å². The lowest BCUT2D eigenvalue weighted by Crippen LogP contribution is -2.38. The van der Waals surface area contributed by atoms with Crippen LogP contribution in [0.4, 0.5) is 8.78 Å². The van der Waals surface area contributed by atoms with Gasteiger partial charge in [-0.25, -0.2) is 9.98 Å². The van der Waals surface area contributed by atoms with Crippen molar-refractivity contribution in [1.29, 1.82) is 0 Å². The Bertz CT molecular complexity index is 749. The van der Waals surface area contributed by atoms with Gasteiger partial charge in [0.2, 0.25) is 0 Å². The summed E-state index contributed by atoms with van der Waals surface area (Å²) in [5.41, 5.74) is 2.65. The van der Waals surface area contributed by atoms with Crippen LogP contribution in [0.2, 0.25) is 0 Å². The number of hydrogen-bond acceptors (Lipinski definition) is 4. The number of guanidine groups is 1. The van der Waals surface area contributed by atoms with E-state index in [1.807, 2.05) is 19.9 Å². The first-order chi connectivity index (χ1) is 13.0. The van der Waals surface area contributed by atoms with E-state index in [9.17, 15) is 8.78 Å². The fourth-order valence-electron chi connectivity index (χ4n) is 2.48. The minimum absolute atomic E-state index is 0.157. The van der Waals surface area contributed by atoms with E-state index in [0.717, 1.165) is 29.1 Å². The van der Waals surface area contributed by atoms with Crippen LogP contribution in [0.15, 0.2) is 28.6 Å². The SMILES string of the molecule is CCNC(=NCc1cc(C)ccc1OC(F)F)NCCc1csc(CC)n1. The Hall–Kier alpha value is -2.22. The topological polar surface area (TPSA) is 58.5 Å². The second kappa shape index (κ2) is 10.8. The summed E-state index contributed by atoms with van der Waals surface area (Å²) in [5.74, 6) is 0.790. The third-order valence-electron chi connectivity index (χ3n) is 3.76. The lowest BCUT2D eigenvalue weighted by Gasteiger charge is -2.13. The quantitative estimate of drug-likeness (QED) is 0.498. The highest BCUT2D eigenvalue weighted by Crippen LogP contribution is 2.22. The molecule has 2 aromatic rings. The molecule has 0 aliphatic rings. The van der Waals surface area contributed by atoms with Gasteiger partial charge >= 0.3 is 6.61 Å². The van der Waals surface area contributed by atoms with Crippen molar-refractivity contribution in [2.45, 2.75) is 46.8 Å². The zero-order chi connectivity index (χ0) is 19.6. The molecule has 0 bridgehead atoms. The number of aromatic nitrogens is 1. The summed E-state index contributed by atoms with van der Waals surface area (Å²) in [6.07, 6.45) is 1.74. The summed E-state index contributed by atoms with van der Waals surface area (Å²) in [6.45, 7) is 4.76. The van der Waals surface area contributed by atoms with E-state index in [1.165, 1.54) is 0 Å². The number of nitrogens with zero attached hydrogens (tertiary/aromatic N) is 2. The van der Waals surface area contributed by atoms with Gasteiger partial charge in [-0.2, -0.15) is 8.78 Å². The number of alkyl halides is 2. The number of thiazole rings is 1. The van der Waals surface area contributed by atoms with Gasteiger partial charge in [0.15, 0.2) is 5.96 Å². The Morgan fingerprint density at radius 2 is 2.11 bits per heavy atom. The minimum atomic E-state index is -2.85. The van der Waals surface area contributed by atoms with E-state index in [-0.39, 0.29) is 12.3 Å². The normalized spacial score (nSPS) is 11.7. The van der Waals surface area contributed by atoms with Gasteiger partial charge in [0.05, 0.1) is 17.2 Å². The molecule has 0 atom stereocenters. The van der Waals surface area contributed by atoms with Crippen molar-refractivity contribution in [2.75, 3.05) is 13.1 Å². The average molecular weight is 397 g/mol. The Kier molecular flexibility index (Phi) is 8.44. The summed E-state index contributed by atoms with van der Waals surface area (Å²) in [7, 11) is 0. The number of nitrogens with one attached hydrogen (secondary N) is 2. The van der Waals surface area contributed by atoms with Gasteiger partial charge < -0.3 is 15.4 Å². The van der Waals surface area contributed by atoms with Crippen molar-refractivity contribution in [3.8, 4) is 5.75 Å². The molecule has 5 nitrogen and oxygen atoms in total. The molecular formula is C19H26F2N4OS. The van der Waals surface area contributed by atoms with Crippen LogP contribution in [0.5, 0.6) is 5.75 Å². The molecule has 0 fully saturated rings. The van der Waals surface area contributed by atoms with Crippen LogP contribution in [-0.2, 0) is 19.4 Å². The highest BCUT2D eigenvalue weighted by Gasteiger charge is 2.10. The summed E-state index contributed by atoms with van der Waals surface area (Å²) in [4.78, 5) is 9.04. The molecule has 0 radical (unpaired) electrons. The number of ether oxygens (including phenoxy) is 1. The number of aryl methyl sites for hydroxylation is 2. The molecule has 0 unspecified atom stereocenters. The van der Waals surface area contributed by atoms with Crippen molar-refractivity contribution in [2.24, 2.45) is 4.99 Å². The predicted molar refractivity (Wildman–Crippen MR) is 106 cm³/mol. The summed E-state index contributed by atoms with van der Waals surface area (Å²) in [5, 5.41) is 9.63. The van der Waals surface area contributed by atoms with Crippen molar-refractivity contribution < 1.29 is 13.5 Å². The lowest BCUT2D eigenvalue weighted by atomic mass is 10.1. The maximum Gasteiger partial charge on any atom is 0.387 e. The van der Waals surface area contributed by atoms with E-state index in [4.69, 9.17) is 0 Å². The largest absolute Gasteiger partial charge is 0.434 e. The Morgan fingerprint density at radius 3 is 2.78 bits per heavy atom. The Labute approximate surface area is 162 Å². The van der Waals surface area contributed by atoms with Crippen LogP contribution in [0.1, 0.15) is 35.7 Å². The molecule has 2 N–H and O–H groups in total. The second-order valence-corrected chi connectivity index (χ2v) is 6.89. The maximum absolute atomic E-state index is 12.6. The summed E-state index contributed by atoms with van der Waals surface area (Å²) < 4.78 is 29.8. The number of halogens is 2. The molecule has 8 heteroatoms. The van der Waals surface area contributed by atoms with Crippen LogP contribution < -0.4 is 15.4 Å². The number of benzene rings is 1. The van der Waals surface area contributed by atoms with Crippen LogP contribution in [0.25, 0.3) is 0 Å². The first kappa shape index (κ1) is 21.1. The molecule has 27 heavy (non-hydrogen) atoms. The zero-order valence-electron chi connectivity index (χ0n) is 15.9. The molecule has 0 spiro atoms. The Balaban J connectivity index is 1.99. The van der Waals surface area contributed by atoms with Crippen LogP contribution >= 0.6 is 11.3 Å². The summed E-state index contributed by atoms with van der Waals surface area (Å²) >= 11 is 1.67. The standard InChI is InChI=1S/C19H26F2N4OS/c1-4-17-25-15(12-27-17)8-9-23-19(22-5-2)24-11-14-10-13(3)6-7-16(14)26-18(20)21/h6-7,10,12,18H,4-5,8-9,11H2,1-3H3,(H2,22,23,24). The third kappa shape index (κ3) is 7.13. The minimum Gasteiger partial charge on any atom is -0.434 e. The van der Waals surface area contributed by atoms with Crippen molar-refractivity contribution in [1.82, 2.24) is 15.6 Å². The molecule has 1 aromatic heterocycles. The van der Waals surface area contributed by atoms with Crippen LogP contribution in [-0.4, -0.2) is 30.6 Å². The monoisotopic (exact) mass is 396 g/mol. The molecule has 0 aliphatic heterocycles. The van der Waals surface area contributed by atoms with Crippen LogP contribution in [0, 0.1) is 6.92 Å². The van der Waals surface area contributed by atoms with Gasteiger partial charge in [-0.1, -0.05) is 24.6 Å². The molecule has 2 rings (SSSR count). The fourth-order valence-corrected chi connectivity index (χ4v) is 3.26. The van der Waals surface area contributed by atoms with Crippen molar-refractivity contribution >= 4 is 17.3 Å². The number of rotatable bonds is 9. The van der Waals surface area contributed by atoms with E-state index >= 15 is 0 Å². The highest BCUT2D eigenvalue weighted by atomic mass is 32.1. The number of aliphatic imine (C=N–C) groups is 1. The third-order valence-corrected chi connectivity index (χ3v) is 4.80. The van der Waals surface area contributed by atoms with Gasteiger partial charge in [0.1, 0.15) is 5.75 Å². The second-order valence-electron chi connectivity index (χ2n) is 5.95. The predicted octanol–water partition coefficient (Wildman–Crippen LogP) is 3.91. The summed E-state index contributed by atoms with van der Waals surface area (Å²) in [6, 6.07) is 5.11. The van der Waals surface area contributed by atoms with E-state index in [2.05, 4.69) is 37.7 Å². The molecular weight excluding hydrogens is 370 g/mol.